The number of hydrogen-bond donors (Lipinski definition) is 0. The average molecular weight is 316 g/mol. The molecule has 0 aromatic heterocycles. The van der Waals surface area contributed by atoms with Crippen molar-refractivity contribution in [3.05, 3.63) is 29.8 Å². The van der Waals surface area contributed by atoms with Crippen molar-refractivity contribution < 1.29 is 17.9 Å². The van der Waals surface area contributed by atoms with Gasteiger partial charge in [-0.2, -0.15) is 0 Å². The molecule has 1 aliphatic heterocycles. The molecule has 0 spiro atoms. The highest BCUT2D eigenvalue weighted by Gasteiger charge is 2.22. The van der Waals surface area contributed by atoms with Crippen molar-refractivity contribution in [3.8, 4) is 5.75 Å². The zero-order valence-electron chi connectivity index (χ0n) is 12.3. The Hall–Kier alpha value is -0.973. The number of unbranched alkanes of at least 4 members (excludes halogenated alkanes) is 1. The summed E-state index contributed by atoms with van der Waals surface area (Å²) >= 11 is 0. The highest BCUT2D eigenvalue weighted by Crippen LogP contribution is 2.29. The minimum absolute atomic E-state index is 0.189. The second-order valence-corrected chi connectivity index (χ2v) is 9.42. The van der Waals surface area contributed by atoms with Gasteiger partial charge in [0.2, 0.25) is 0 Å². The highest BCUT2D eigenvalue weighted by atomic mass is 28.3. The standard InChI is InChI=1S/C16H23F3OSi/c17-7-1-2-8-21-9-5-13(6-10-21)12-20-14-3-4-15(18)16(19)11-14/h3-4,11,13,21H,1-2,5-10,12H2/t13-,21-. The monoisotopic (exact) mass is 316 g/mol. The largest absolute Gasteiger partial charge is 0.493 e. The van der Waals surface area contributed by atoms with Crippen molar-refractivity contribution in [2.24, 2.45) is 5.92 Å². The van der Waals surface area contributed by atoms with E-state index in [2.05, 4.69) is 0 Å². The van der Waals surface area contributed by atoms with Gasteiger partial charge in [-0.05, 0) is 37.3 Å². The Balaban J connectivity index is 1.67. The number of rotatable bonds is 7. The van der Waals surface area contributed by atoms with Crippen LogP contribution in [0.5, 0.6) is 5.75 Å². The molecule has 1 fully saturated rings. The molecular formula is C16H23F3OSi. The third kappa shape index (κ3) is 5.38. The van der Waals surface area contributed by atoms with Gasteiger partial charge in [-0.15, -0.1) is 0 Å². The Kier molecular flexibility index (Phi) is 6.61. The summed E-state index contributed by atoms with van der Waals surface area (Å²) in [7, 11) is -0.642. The minimum atomic E-state index is -0.864. The first-order valence-electron chi connectivity index (χ1n) is 7.83. The van der Waals surface area contributed by atoms with Gasteiger partial charge < -0.3 is 4.74 Å². The second kappa shape index (κ2) is 8.46. The van der Waals surface area contributed by atoms with E-state index in [-0.39, 0.29) is 6.67 Å². The van der Waals surface area contributed by atoms with Crippen molar-refractivity contribution in [3.63, 3.8) is 0 Å². The molecule has 1 nitrogen and oxygen atoms in total. The van der Waals surface area contributed by atoms with Crippen molar-refractivity contribution in [2.75, 3.05) is 13.3 Å². The van der Waals surface area contributed by atoms with Gasteiger partial charge in [-0.3, -0.25) is 4.39 Å². The summed E-state index contributed by atoms with van der Waals surface area (Å²) < 4.78 is 43.5. The van der Waals surface area contributed by atoms with Gasteiger partial charge in [0.1, 0.15) is 5.75 Å². The molecule has 118 valence electrons. The van der Waals surface area contributed by atoms with E-state index < -0.39 is 20.4 Å². The van der Waals surface area contributed by atoms with Gasteiger partial charge in [0.25, 0.3) is 0 Å². The van der Waals surface area contributed by atoms with Gasteiger partial charge in [-0.25, -0.2) is 8.78 Å². The number of alkyl halides is 1. The Morgan fingerprint density at radius 3 is 2.52 bits per heavy atom. The van der Waals surface area contributed by atoms with Crippen LogP contribution < -0.4 is 4.74 Å². The molecule has 1 aromatic rings. The van der Waals surface area contributed by atoms with Crippen LogP contribution in [-0.4, -0.2) is 22.1 Å². The molecule has 0 unspecified atom stereocenters. The first kappa shape index (κ1) is 16.4. The summed E-state index contributed by atoms with van der Waals surface area (Å²) in [5.41, 5.74) is 0. The van der Waals surface area contributed by atoms with Crippen LogP contribution in [0.3, 0.4) is 0 Å². The fraction of sp³-hybridized carbons (Fsp3) is 0.625. The summed E-state index contributed by atoms with van der Waals surface area (Å²) in [6.07, 6.45) is 4.09. The molecule has 1 heterocycles. The Labute approximate surface area is 126 Å². The third-order valence-electron chi connectivity index (χ3n) is 4.34. The Morgan fingerprint density at radius 1 is 1.10 bits per heavy atom. The molecule has 0 saturated carbocycles. The van der Waals surface area contributed by atoms with Crippen LogP contribution in [-0.2, 0) is 0 Å². The van der Waals surface area contributed by atoms with E-state index in [1.165, 1.54) is 24.2 Å². The molecule has 0 aliphatic carbocycles. The summed E-state index contributed by atoms with van der Waals surface area (Å²) in [5.74, 6) is -0.794. The highest BCUT2D eigenvalue weighted by molar-refractivity contribution is 6.58. The van der Waals surface area contributed by atoms with Crippen molar-refractivity contribution in [1.82, 2.24) is 0 Å². The molecule has 0 radical (unpaired) electrons. The van der Waals surface area contributed by atoms with Crippen molar-refractivity contribution in [1.29, 1.82) is 0 Å². The summed E-state index contributed by atoms with van der Waals surface area (Å²) in [6.45, 7) is 0.391. The lowest BCUT2D eigenvalue weighted by atomic mass is 10.0. The van der Waals surface area contributed by atoms with Crippen LogP contribution >= 0.6 is 0 Å². The Morgan fingerprint density at radius 2 is 1.86 bits per heavy atom. The van der Waals surface area contributed by atoms with Gasteiger partial charge in [0.15, 0.2) is 11.6 Å². The maximum absolute atomic E-state index is 13.1. The number of halogens is 3. The zero-order chi connectivity index (χ0) is 15.1. The van der Waals surface area contributed by atoms with E-state index in [1.54, 1.807) is 0 Å². The molecule has 0 N–H and O–H groups in total. The van der Waals surface area contributed by atoms with Crippen LogP contribution in [0, 0.1) is 17.6 Å². The van der Waals surface area contributed by atoms with Gasteiger partial charge in [0, 0.05) is 14.9 Å². The van der Waals surface area contributed by atoms with Gasteiger partial charge in [-0.1, -0.05) is 24.6 Å². The van der Waals surface area contributed by atoms with E-state index in [9.17, 15) is 13.2 Å². The first-order chi connectivity index (χ1) is 10.2. The van der Waals surface area contributed by atoms with Crippen LogP contribution in [0.1, 0.15) is 25.7 Å². The third-order valence-corrected chi connectivity index (χ3v) is 7.86. The van der Waals surface area contributed by atoms with E-state index in [4.69, 9.17) is 4.74 Å². The van der Waals surface area contributed by atoms with Crippen LogP contribution in [0.25, 0.3) is 0 Å². The number of benzene rings is 1. The lowest BCUT2D eigenvalue weighted by Gasteiger charge is -2.27. The quantitative estimate of drug-likeness (QED) is 0.522. The zero-order valence-corrected chi connectivity index (χ0v) is 13.4. The van der Waals surface area contributed by atoms with Crippen molar-refractivity contribution in [2.45, 2.75) is 43.8 Å². The maximum Gasteiger partial charge on any atom is 0.162 e. The molecule has 0 amide bonds. The number of hydrogen-bond acceptors (Lipinski definition) is 1. The second-order valence-electron chi connectivity index (χ2n) is 5.96. The van der Waals surface area contributed by atoms with Gasteiger partial charge in [0.05, 0.1) is 13.3 Å². The molecule has 21 heavy (non-hydrogen) atoms. The fourth-order valence-corrected chi connectivity index (χ4v) is 6.61. The van der Waals surface area contributed by atoms with E-state index in [0.29, 0.717) is 24.7 Å². The number of ether oxygens (including phenoxy) is 1. The fourth-order valence-electron chi connectivity index (χ4n) is 3.00. The van der Waals surface area contributed by atoms with Crippen LogP contribution in [0.4, 0.5) is 13.2 Å². The van der Waals surface area contributed by atoms with Crippen LogP contribution in [0.15, 0.2) is 18.2 Å². The topological polar surface area (TPSA) is 9.23 Å². The summed E-state index contributed by atoms with van der Waals surface area (Å²) in [5, 5.41) is 0. The molecule has 1 aliphatic rings. The van der Waals surface area contributed by atoms with Gasteiger partial charge >= 0.3 is 0 Å². The molecule has 1 saturated heterocycles. The lowest BCUT2D eigenvalue weighted by molar-refractivity contribution is 0.235. The predicted molar refractivity (Wildman–Crippen MR) is 81.4 cm³/mol. The van der Waals surface area contributed by atoms with E-state index in [0.717, 1.165) is 31.4 Å². The molecule has 0 bridgehead atoms. The maximum atomic E-state index is 13.1. The minimum Gasteiger partial charge on any atom is -0.493 e. The smallest absolute Gasteiger partial charge is 0.162 e. The predicted octanol–water partition coefficient (Wildman–Crippen LogP) is 4.73. The molecule has 1 aromatic carbocycles. The molecule has 2 rings (SSSR count). The van der Waals surface area contributed by atoms with Crippen molar-refractivity contribution >= 4 is 8.80 Å². The summed E-state index contributed by atoms with van der Waals surface area (Å²) in [6, 6.07) is 7.54. The van der Waals surface area contributed by atoms with Crippen LogP contribution in [0.2, 0.25) is 18.1 Å². The van der Waals surface area contributed by atoms with E-state index >= 15 is 0 Å². The van der Waals surface area contributed by atoms with E-state index in [1.807, 2.05) is 0 Å². The normalized spacial score (nSPS) is 22.2. The average Bonchev–Trinajstić information content (AvgIpc) is 2.50. The lowest BCUT2D eigenvalue weighted by Crippen LogP contribution is -2.24. The summed E-state index contributed by atoms with van der Waals surface area (Å²) in [4.78, 5) is 0. The molecule has 5 heteroatoms. The Bertz CT molecular complexity index is 434. The first-order valence-corrected chi connectivity index (χ1v) is 10.3. The SMILES string of the molecule is FCCCC[Si@H]1CC[C@H](COc2ccc(F)c(F)c2)CC1. The molecular weight excluding hydrogens is 293 g/mol. The molecule has 0 atom stereocenters.